The van der Waals surface area contributed by atoms with Gasteiger partial charge >= 0.3 is 5.97 Å². The summed E-state index contributed by atoms with van der Waals surface area (Å²) < 4.78 is 0. The van der Waals surface area contributed by atoms with Gasteiger partial charge in [0.2, 0.25) is 11.8 Å². The molecule has 4 rings (SSSR count). The lowest BCUT2D eigenvalue weighted by molar-refractivity contribution is -0.133. The first-order chi connectivity index (χ1) is 21.5. The summed E-state index contributed by atoms with van der Waals surface area (Å²) in [5, 5.41) is 42.6. The maximum absolute atomic E-state index is 13.2. The molecule has 0 saturated carbocycles. The number of fused-ring (bicyclic) bond motifs is 1. The monoisotopic (exact) mass is 632 g/mol. The molecule has 0 radical (unpaired) electrons. The van der Waals surface area contributed by atoms with Gasteiger partial charge < -0.3 is 31.3 Å². The van der Waals surface area contributed by atoms with Crippen molar-refractivity contribution in [3.63, 3.8) is 0 Å². The van der Waals surface area contributed by atoms with Crippen LogP contribution >= 0.6 is 11.3 Å². The fraction of sp³-hybridized carbons (Fsp3) is 0.303. The van der Waals surface area contributed by atoms with Crippen molar-refractivity contribution in [1.82, 2.24) is 20.9 Å². The van der Waals surface area contributed by atoms with Crippen molar-refractivity contribution < 1.29 is 34.5 Å². The van der Waals surface area contributed by atoms with Crippen LogP contribution in [0, 0.1) is 5.92 Å². The topological polar surface area (TPSA) is 178 Å². The fourth-order valence-corrected chi connectivity index (χ4v) is 5.47. The summed E-state index contributed by atoms with van der Waals surface area (Å²) >= 11 is 1.35. The van der Waals surface area contributed by atoms with E-state index in [2.05, 4.69) is 20.9 Å². The zero-order valence-corrected chi connectivity index (χ0v) is 25.7. The Balaban J connectivity index is 1.40. The van der Waals surface area contributed by atoms with Crippen molar-refractivity contribution in [1.29, 1.82) is 0 Å². The van der Waals surface area contributed by atoms with E-state index in [1.54, 1.807) is 49.0 Å². The Hall–Kier alpha value is -4.65. The van der Waals surface area contributed by atoms with Gasteiger partial charge in [-0.3, -0.25) is 14.4 Å². The van der Waals surface area contributed by atoms with Gasteiger partial charge in [0.1, 0.15) is 6.04 Å². The summed E-state index contributed by atoms with van der Waals surface area (Å²) in [5.41, 5.74) is 3.44. The van der Waals surface area contributed by atoms with Gasteiger partial charge in [0.05, 0.1) is 35.3 Å². The molecule has 236 valence electrons. The van der Waals surface area contributed by atoms with E-state index in [4.69, 9.17) is 5.11 Å². The number of aliphatic hydroxyl groups is 2. The third-order valence-electron chi connectivity index (χ3n) is 7.40. The molecular formula is C33H36N4O7S. The molecule has 0 spiro atoms. The fourth-order valence-electron chi connectivity index (χ4n) is 4.90. The number of nitrogens with zero attached hydrogens (tertiary/aromatic N) is 1. The standard InChI is InChI=1S/C33H36N4O7S/c1-19(2)29(31(41)34-16-20-10-12-22(13-11-20)33(43)44)37-28(39)15-27(38)26(14-23-17-45-18-35-23)36-32(42)30(40)25-9-5-7-21-6-3-4-8-24(21)25/h3-13,17-19,26-27,29-30,38,40H,14-16H2,1-2H3,(H,34,41)(H,36,42)(H,37,39)(H,43,44)/t26-,27+,29-,30?/m0/s1. The number of carbonyl (C=O) groups excluding carboxylic acids is 3. The molecule has 4 aromatic rings. The van der Waals surface area contributed by atoms with Crippen LogP contribution in [-0.2, 0) is 27.3 Å². The van der Waals surface area contributed by atoms with E-state index >= 15 is 0 Å². The number of aromatic carboxylic acids is 1. The van der Waals surface area contributed by atoms with E-state index in [0.29, 0.717) is 22.2 Å². The Morgan fingerprint density at radius 1 is 0.889 bits per heavy atom. The number of aliphatic hydroxyl groups excluding tert-OH is 2. The number of hydrogen-bond acceptors (Lipinski definition) is 8. The number of carboxylic acid groups (broad SMARTS) is 1. The average Bonchev–Trinajstić information content (AvgIpc) is 3.54. The normalized spacial score (nSPS) is 13.9. The van der Waals surface area contributed by atoms with Crippen LogP contribution < -0.4 is 16.0 Å². The molecule has 6 N–H and O–H groups in total. The number of benzene rings is 3. The van der Waals surface area contributed by atoms with Gasteiger partial charge in [-0.1, -0.05) is 68.4 Å². The number of aromatic nitrogens is 1. The second-order valence-corrected chi connectivity index (χ2v) is 11.8. The van der Waals surface area contributed by atoms with E-state index < -0.39 is 54.4 Å². The summed E-state index contributed by atoms with van der Waals surface area (Å²) in [4.78, 5) is 54.6. The van der Waals surface area contributed by atoms with E-state index in [-0.39, 0.29) is 24.4 Å². The van der Waals surface area contributed by atoms with E-state index in [1.165, 1.54) is 23.5 Å². The zero-order valence-electron chi connectivity index (χ0n) is 24.8. The summed E-state index contributed by atoms with van der Waals surface area (Å²) in [6.07, 6.45) is -3.20. The SMILES string of the molecule is CC(C)[C@H](NC(=O)C[C@@H](O)[C@H](Cc1cscn1)NC(=O)C(O)c1cccc2ccccc12)C(=O)NCc1ccc(C(=O)O)cc1. The molecule has 0 aliphatic carbocycles. The van der Waals surface area contributed by atoms with Crippen LogP contribution in [0.1, 0.15) is 53.6 Å². The van der Waals surface area contributed by atoms with Crippen molar-refractivity contribution in [2.75, 3.05) is 0 Å². The number of thiazole rings is 1. The minimum absolute atomic E-state index is 0.112. The van der Waals surface area contributed by atoms with Crippen molar-refractivity contribution >= 4 is 45.8 Å². The van der Waals surface area contributed by atoms with Crippen molar-refractivity contribution in [3.8, 4) is 0 Å². The molecule has 0 aliphatic heterocycles. The zero-order chi connectivity index (χ0) is 32.5. The van der Waals surface area contributed by atoms with Gasteiger partial charge in [0, 0.05) is 18.3 Å². The third kappa shape index (κ3) is 8.94. The number of carboxylic acids is 1. The van der Waals surface area contributed by atoms with Crippen LogP contribution in [-0.4, -0.2) is 62.2 Å². The highest BCUT2D eigenvalue weighted by Gasteiger charge is 2.30. The van der Waals surface area contributed by atoms with Crippen LogP contribution in [0.2, 0.25) is 0 Å². The van der Waals surface area contributed by atoms with Crippen LogP contribution in [0.5, 0.6) is 0 Å². The largest absolute Gasteiger partial charge is 0.478 e. The van der Waals surface area contributed by atoms with Crippen LogP contribution in [0.15, 0.2) is 77.6 Å². The second-order valence-electron chi connectivity index (χ2n) is 11.1. The number of carbonyl (C=O) groups is 4. The maximum Gasteiger partial charge on any atom is 0.335 e. The third-order valence-corrected chi connectivity index (χ3v) is 8.03. The van der Waals surface area contributed by atoms with Gasteiger partial charge in [-0.15, -0.1) is 11.3 Å². The number of amides is 3. The number of nitrogens with one attached hydrogen (secondary N) is 3. The average molecular weight is 633 g/mol. The molecule has 0 bridgehead atoms. The molecule has 45 heavy (non-hydrogen) atoms. The number of hydrogen-bond donors (Lipinski definition) is 6. The van der Waals surface area contributed by atoms with E-state index in [0.717, 1.165) is 5.39 Å². The van der Waals surface area contributed by atoms with Gasteiger partial charge in [0.15, 0.2) is 6.10 Å². The summed E-state index contributed by atoms with van der Waals surface area (Å²) in [6.45, 7) is 3.66. The van der Waals surface area contributed by atoms with Crippen molar-refractivity contribution in [3.05, 3.63) is 100 Å². The van der Waals surface area contributed by atoms with E-state index in [9.17, 15) is 29.4 Å². The molecule has 3 amide bonds. The first kappa shape index (κ1) is 33.2. The van der Waals surface area contributed by atoms with Crippen LogP contribution in [0.4, 0.5) is 0 Å². The minimum Gasteiger partial charge on any atom is -0.478 e. The Kier molecular flexibility index (Phi) is 11.4. The molecule has 0 saturated heterocycles. The molecular weight excluding hydrogens is 596 g/mol. The van der Waals surface area contributed by atoms with Crippen LogP contribution in [0.3, 0.4) is 0 Å². The maximum atomic E-state index is 13.2. The Morgan fingerprint density at radius 3 is 2.27 bits per heavy atom. The Bertz CT molecular complexity index is 1620. The Labute approximate surface area is 264 Å². The molecule has 0 aliphatic rings. The van der Waals surface area contributed by atoms with Gasteiger partial charge in [0.25, 0.3) is 5.91 Å². The molecule has 3 aromatic carbocycles. The second kappa shape index (κ2) is 15.4. The molecule has 11 nitrogen and oxygen atoms in total. The molecule has 12 heteroatoms. The highest BCUT2D eigenvalue weighted by atomic mass is 32.1. The predicted octanol–water partition coefficient (Wildman–Crippen LogP) is 2.96. The summed E-state index contributed by atoms with van der Waals surface area (Å²) in [7, 11) is 0. The molecule has 1 heterocycles. The molecule has 0 fully saturated rings. The van der Waals surface area contributed by atoms with Crippen molar-refractivity contribution in [2.24, 2.45) is 5.92 Å². The quantitative estimate of drug-likeness (QED) is 0.123. The summed E-state index contributed by atoms with van der Waals surface area (Å²) in [5.74, 6) is -3.12. The lowest BCUT2D eigenvalue weighted by atomic mass is 9.98. The molecule has 4 atom stereocenters. The predicted molar refractivity (Wildman–Crippen MR) is 169 cm³/mol. The molecule has 1 unspecified atom stereocenters. The highest BCUT2D eigenvalue weighted by Crippen LogP contribution is 2.25. The lowest BCUT2D eigenvalue weighted by Crippen LogP contribution is -2.52. The first-order valence-corrected chi connectivity index (χ1v) is 15.4. The number of rotatable bonds is 14. The van der Waals surface area contributed by atoms with Crippen LogP contribution in [0.25, 0.3) is 10.8 Å². The first-order valence-electron chi connectivity index (χ1n) is 14.4. The summed E-state index contributed by atoms with van der Waals surface area (Å²) in [6, 6.07) is 16.8. The van der Waals surface area contributed by atoms with Crippen molar-refractivity contribution in [2.45, 2.75) is 57.5 Å². The smallest absolute Gasteiger partial charge is 0.335 e. The lowest BCUT2D eigenvalue weighted by Gasteiger charge is -2.26. The highest BCUT2D eigenvalue weighted by molar-refractivity contribution is 7.07. The van der Waals surface area contributed by atoms with Gasteiger partial charge in [-0.05, 0) is 39.9 Å². The van der Waals surface area contributed by atoms with Gasteiger partial charge in [-0.2, -0.15) is 0 Å². The van der Waals surface area contributed by atoms with Gasteiger partial charge in [-0.25, -0.2) is 9.78 Å². The van der Waals surface area contributed by atoms with E-state index in [1.807, 2.05) is 30.3 Å². The Morgan fingerprint density at radius 2 is 1.60 bits per heavy atom. The molecule has 1 aromatic heterocycles. The minimum atomic E-state index is -1.52.